The lowest BCUT2D eigenvalue weighted by Crippen LogP contribution is -2.10. The summed E-state index contributed by atoms with van der Waals surface area (Å²) in [4.78, 5) is 12.9. The zero-order chi connectivity index (χ0) is 11.7. The predicted octanol–water partition coefficient (Wildman–Crippen LogP) is 2.20. The number of aromatic carboxylic acids is 1. The van der Waals surface area contributed by atoms with Crippen molar-refractivity contribution in [3.05, 3.63) is 28.8 Å². The largest absolute Gasteiger partial charge is 0.477 e. The monoisotopic (exact) mass is 228 g/mol. The molecule has 0 fully saturated rings. The van der Waals surface area contributed by atoms with Gasteiger partial charge in [-0.05, 0) is 0 Å². The van der Waals surface area contributed by atoms with Crippen molar-refractivity contribution < 1.29 is 36.9 Å². The Morgan fingerprint density at radius 2 is 1.47 bits per heavy atom. The number of benzene rings is 1. The van der Waals surface area contributed by atoms with Crippen LogP contribution in [0.3, 0.4) is 0 Å². The van der Waals surface area contributed by atoms with Gasteiger partial charge in [0.1, 0.15) is 5.56 Å². The van der Waals surface area contributed by atoms with E-state index in [9.17, 15) is 26.9 Å². The molecule has 0 saturated heterocycles. The maximum atomic E-state index is 12.7. The van der Waals surface area contributed by atoms with Crippen LogP contribution in [0.2, 0.25) is 0 Å². The van der Waals surface area contributed by atoms with Crippen LogP contribution in [0.25, 0.3) is 0 Å². The topological polar surface area (TPSA) is 46.5 Å². The number of hydrogen-bond acceptors (Lipinski definition) is 2. The van der Waals surface area contributed by atoms with E-state index in [1.807, 2.05) is 0 Å². The highest BCUT2D eigenvalue weighted by Gasteiger charge is 2.31. The standard InChI is InChI=1S/C7HF5O3/c8-2-1(7(13)14)6(15-12)5(11)4(10)3(2)9/h(H,13,14). The first-order valence-electron chi connectivity index (χ1n) is 3.29. The number of carboxylic acids is 1. The van der Waals surface area contributed by atoms with Crippen LogP contribution in [0.4, 0.5) is 22.1 Å². The third-order valence-electron chi connectivity index (χ3n) is 1.52. The molecule has 0 atom stereocenters. The van der Waals surface area contributed by atoms with E-state index in [1.54, 1.807) is 0 Å². The third kappa shape index (κ3) is 1.58. The van der Waals surface area contributed by atoms with Gasteiger partial charge >= 0.3 is 5.97 Å². The van der Waals surface area contributed by atoms with Gasteiger partial charge in [0.05, 0.1) is 0 Å². The molecule has 0 aliphatic heterocycles. The van der Waals surface area contributed by atoms with Crippen molar-refractivity contribution >= 4 is 5.97 Å². The van der Waals surface area contributed by atoms with Crippen LogP contribution in [-0.4, -0.2) is 11.1 Å². The Hall–Kier alpha value is -1.86. The summed E-state index contributed by atoms with van der Waals surface area (Å²) in [7, 11) is 0. The van der Waals surface area contributed by atoms with Crippen LogP contribution in [0.15, 0.2) is 0 Å². The van der Waals surface area contributed by atoms with Crippen molar-refractivity contribution in [3.63, 3.8) is 0 Å². The van der Waals surface area contributed by atoms with Gasteiger partial charge in [-0.1, -0.05) is 0 Å². The average Bonchev–Trinajstić information content (AvgIpc) is 2.19. The number of halogens is 5. The van der Waals surface area contributed by atoms with Gasteiger partial charge in [0.25, 0.3) is 0 Å². The molecule has 0 radical (unpaired) electrons. The second kappa shape index (κ2) is 3.71. The molecule has 0 aliphatic rings. The maximum absolute atomic E-state index is 12.7. The molecule has 15 heavy (non-hydrogen) atoms. The molecular weight excluding hydrogens is 227 g/mol. The van der Waals surface area contributed by atoms with Crippen LogP contribution in [0.5, 0.6) is 5.75 Å². The number of carboxylic acid groups (broad SMARTS) is 1. The molecule has 0 spiro atoms. The minimum Gasteiger partial charge on any atom is -0.477 e. The first-order chi connectivity index (χ1) is 6.91. The Morgan fingerprint density at radius 1 is 1.00 bits per heavy atom. The van der Waals surface area contributed by atoms with Crippen LogP contribution >= 0.6 is 0 Å². The van der Waals surface area contributed by atoms with E-state index < -0.39 is 40.6 Å². The van der Waals surface area contributed by atoms with Crippen LogP contribution in [0, 0.1) is 23.3 Å². The molecule has 8 heteroatoms. The second-order valence-electron chi connectivity index (χ2n) is 2.34. The molecule has 0 aromatic heterocycles. The Balaban J connectivity index is 3.70. The van der Waals surface area contributed by atoms with Crippen molar-refractivity contribution in [2.45, 2.75) is 0 Å². The fraction of sp³-hybridized carbons (Fsp3) is 0. The van der Waals surface area contributed by atoms with Gasteiger partial charge in [-0.2, -0.15) is 4.39 Å². The van der Waals surface area contributed by atoms with Gasteiger partial charge in [0, 0.05) is 4.53 Å². The molecule has 1 N–H and O–H groups in total. The van der Waals surface area contributed by atoms with Gasteiger partial charge in [-0.3, -0.25) is 4.94 Å². The van der Waals surface area contributed by atoms with E-state index in [0.717, 1.165) is 0 Å². The SMILES string of the molecule is O=C(O)c1c(F)c(F)c(F)c(F)c1OF. The predicted molar refractivity (Wildman–Crippen MR) is 35.0 cm³/mol. The molecule has 0 amide bonds. The van der Waals surface area contributed by atoms with Crippen molar-refractivity contribution in [1.29, 1.82) is 0 Å². The second-order valence-corrected chi connectivity index (χ2v) is 2.34. The van der Waals surface area contributed by atoms with E-state index in [1.165, 1.54) is 0 Å². The molecule has 0 bridgehead atoms. The lowest BCUT2D eigenvalue weighted by molar-refractivity contribution is -0.0139. The molecule has 82 valence electrons. The van der Waals surface area contributed by atoms with Crippen molar-refractivity contribution in [3.8, 4) is 5.75 Å². The van der Waals surface area contributed by atoms with Gasteiger partial charge in [0.2, 0.25) is 17.4 Å². The molecule has 1 rings (SSSR count). The quantitative estimate of drug-likeness (QED) is 0.479. The van der Waals surface area contributed by atoms with Crippen molar-refractivity contribution in [2.75, 3.05) is 0 Å². The van der Waals surface area contributed by atoms with E-state index in [4.69, 9.17) is 5.11 Å². The molecule has 3 nitrogen and oxygen atoms in total. The van der Waals surface area contributed by atoms with E-state index in [-0.39, 0.29) is 0 Å². The van der Waals surface area contributed by atoms with Gasteiger partial charge in [-0.25, -0.2) is 18.0 Å². The Kier molecular flexibility index (Phi) is 2.78. The van der Waals surface area contributed by atoms with Crippen molar-refractivity contribution in [2.24, 2.45) is 0 Å². The molecule has 1 aromatic carbocycles. The van der Waals surface area contributed by atoms with E-state index in [2.05, 4.69) is 4.94 Å². The van der Waals surface area contributed by atoms with Gasteiger partial charge in [0.15, 0.2) is 11.6 Å². The third-order valence-corrected chi connectivity index (χ3v) is 1.52. The fourth-order valence-corrected chi connectivity index (χ4v) is 0.875. The number of carbonyl (C=O) groups is 1. The fourth-order valence-electron chi connectivity index (χ4n) is 0.875. The lowest BCUT2D eigenvalue weighted by Gasteiger charge is -2.05. The summed E-state index contributed by atoms with van der Waals surface area (Å²) < 4.78 is 62.0. The van der Waals surface area contributed by atoms with Crippen molar-refractivity contribution in [1.82, 2.24) is 0 Å². The average molecular weight is 228 g/mol. The van der Waals surface area contributed by atoms with E-state index >= 15 is 0 Å². The first-order valence-corrected chi connectivity index (χ1v) is 3.29. The summed E-state index contributed by atoms with van der Waals surface area (Å²) in [6.07, 6.45) is 0. The summed E-state index contributed by atoms with van der Waals surface area (Å²) >= 11 is 0. The molecule has 0 aliphatic carbocycles. The Bertz CT molecular complexity index is 431. The van der Waals surface area contributed by atoms with E-state index in [0.29, 0.717) is 0 Å². The molecule has 1 aromatic rings. The molecule has 0 saturated carbocycles. The van der Waals surface area contributed by atoms with Gasteiger partial charge in [-0.15, -0.1) is 0 Å². The normalized spacial score (nSPS) is 10.2. The molecule has 0 unspecified atom stereocenters. The molecule has 0 heterocycles. The Morgan fingerprint density at radius 3 is 1.87 bits per heavy atom. The highest BCUT2D eigenvalue weighted by molar-refractivity contribution is 5.91. The van der Waals surface area contributed by atoms with Crippen LogP contribution in [-0.2, 0) is 0 Å². The summed E-state index contributed by atoms with van der Waals surface area (Å²) in [5.74, 6) is -13.3. The highest BCUT2D eigenvalue weighted by atomic mass is 19.3. The van der Waals surface area contributed by atoms with Gasteiger partial charge < -0.3 is 5.11 Å². The number of hydrogen-bond donors (Lipinski definition) is 1. The highest BCUT2D eigenvalue weighted by Crippen LogP contribution is 2.30. The summed E-state index contributed by atoms with van der Waals surface area (Å²) in [6.45, 7) is 0. The minimum absolute atomic E-state index is 1.76. The van der Waals surface area contributed by atoms with Crippen LogP contribution < -0.4 is 4.94 Å². The summed E-state index contributed by atoms with van der Waals surface area (Å²) in [6, 6.07) is 0. The Labute approximate surface area is 78.6 Å². The lowest BCUT2D eigenvalue weighted by atomic mass is 10.1. The zero-order valence-electron chi connectivity index (χ0n) is 6.65. The summed E-state index contributed by atoms with van der Waals surface area (Å²) in [5.41, 5.74) is -1.76. The zero-order valence-corrected chi connectivity index (χ0v) is 6.65. The summed E-state index contributed by atoms with van der Waals surface area (Å²) in [5, 5.41) is 8.27. The smallest absolute Gasteiger partial charge is 0.342 e. The van der Waals surface area contributed by atoms with Crippen LogP contribution in [0.1, 0.15) is 10.4 Å². The first kappa shape index (κ1) is 11.2. The minimum atomic E-state index is -2.36. The maximum Gasteiger partial charge on any atom is 0.342 e. The number of rotatable bonds is 2. The molecular formula is C7HF5O3.